The molecule has 0 bridgehead atoms. The lowest BCUT2D eigenvalue weighted by atomic mass is 10.0. The highest BCUT2D eigenvalue weighted by Crippen LogP contribution is 2.57. The monoisotopic (exact) mass is 378 g/mol. The molecule has 5 N–H and O–H groups in total. The summed E-state index contributed by atoms with van der Waals surface area (Å²) in [6, 6.07) is 0. The molecule has 1 aliphatic heterocycles. The summed E-state index contributed by atoms with van der Waals surface area (Å²) in [5, 5.41) is 45.8. The van der Waals surface area contributed by atoms with Gasteiger partial charge in [-0.2, -0.15) is 11.8 Å². The highest BCUT2D eigenvalue weighted by Gasteiger charge is 2.49. The number of aliphatic carboxylic acids is 1. The second kappa shape index (κ2) is 9.01. The first-order valence-electron chi connectivity index (χ1n) is 8.89. The molecule has 0 aromatic heterocycles. The van der Waals surface area contributed by atoms with Gasteiger partial charge in [0.25, 0.3) is 0 Å². The normalized spacial score (nSPS) is 45.3. The standard InChI is InChI=1S/C9H16O7S.C8H14/c10-5(11)1-2-17-3-4-6(12)7(13)8(14)9(15)16-4;1-5-3-7(5)8-4-6(8)2/h4,6-9,12-15H,1-3H2,(H,10,11);5-8H,3-4H2,1-2H3. The Morgan fingerprint density at radius 2 is 1.52 bits per heavy atom. The van der Waals surface area contributed by atoms with Crippen LogP contribution in [0, 0.1) is 23.7 Å². The molecule has 0 spiro atoms. The molecule has 9 unspecified atom stereocenters. The molecule has 7 nitrogen and oxygen atoms in total. The van der Waals surface area contributed by atoms with Gasteiger partial charge in [0.15, 0.2) is 6.29 Å². The van der Waals surface area contributed by atoms with Gasteiger partial charge in [-0.15, -0.1) is 0 Å². The molecule has 0 aromatic rings. The summed E-state index contributed by atoms with van der Waals surface area (Å²) in [7, 11) is 0. The lowest BCUT2D eigenvalue weighted by Crippen LogP contribution is -2.58. The van der Waals surface area contributed by atoms with Gasteiger partial charge >= 0.3 is 5.97 Å². The Morgan fingerprint density at radius 3 is 1.96 bits per heavy atom. The molecule has 3 rings (SSSR count). The maximum atomic E-state index is 10.3. The summed E-state index contributed by atoms with van der Waals surface area (Å²) < 4.78 is 4.92. The summed E-state index contributed by atoms with van der Waals surface area (Å²) in [5.74, 6) is 4.15. The molecule has 8 heteroatoms. The number of hydrogen-bond donors (Lipinski definition) is 5. The van der Waals surface area contributed by atoms with Gasteiger partial charge < -0.3 is 30.3 Å². The number of carboxylic acid groups (broad SMARTS) is 1. The number of hydrogen-bond acceptors (Lipinski definition) is 7. The van der Waals surface area contributed by atoms with E-state index in [0.717, 1.165) is 23.7 Å². The van der Waals surface area contributed by atoms with E-state index in [-0.39, 0.29) is 12.2 Å². The van der Waals surface area contributed by atoms with Gasteiger partial charge in [-0.3, -0.25) is 4.79 Å². The first kappa shape index (κ1) is 20.9. The van der Waals surface area contributed by atoms with E-state index in [4.69, 9.17) is 9.84 Å². The van der Waals surface area contributed by atoms with Crippen molar-refractivity contribution >= 4 is 17.7 Å². The molecule has 3 aliphatic rings. The summed E-state index contributed by atoms with van der Waals surface area (Å²) in [5.41, 5.74) is 0. The quantitative estimate of drug-likeness (QED) is 0.418. The summed E-state index contributed by atoms with van der Waals surface area (Å²) >= 11 is 1.23. The number of rotatable bonds is 6. The minimum atomic E-state index is -1.54. The fourth-order valence-electron chi connectivity index (χ4n) is 3.32. The van der Waals surface area contributed by atoms with E-state index in [1.165, 1.54) is 24.6 Å². The average Bonchev–Trinajstić information content (AvgIpc) is 3.45. The van der Waals surface area contributed by atoms with E-state index in [0.29, 0.717) is 5.75 Å². The van der Waals surface area contributed by atoms with Gasteiger partial charge in [0.1, 0.15) is 18.3 Å². The number of aliphatic hydroxyl groups is 4. The van der Waals surface area contributed by atoms with E-state index in [9.17, 15) is 25.2 Å². The fraction of sp³-hybridized carbons (Fsp3) is 0.941. The fourth-order valence-corrected chi connectivity index (χ4v) is 4.32. The van der Waals surface area contributed by atoms with Crippen LogP contribution >= 0.6 is 11.8 Å². The number of aliphatic hydroxyl groups excluding tert-OH is 4. The number of carboxylic acids is 1. The summed E-state index contributed by atoms with van der Waals surface area (Å²) in [4.78, 5) is 10.3. The molecule has 146 valence electrons. The molecule has 0 aromatic carbocycles. The van der Waals surface area contributed by atoms with Crippen molar-refractivity contribution in [3.63, 3.8) is 0 Å². The largest absolute Gasteiger partial charge is 0.481 e. The second-order valence-corrected chi connectivity index (χ2v) is 8.66. The zero-order chi connectivity index (χ0) is 18.7. The Labute approximate surface area is 152 Å². The SMILES string of the molecule is CC1CC1C1CC1C.O=C(O)CCSCC1OC(O)C(O)C(O)C1O. The third-order valence-electron chi connectivity index (χ3n) is 5.32. The molecule has 9 atom stereocenters. The lowest BCUT2D eigenvalue weighted by Gasteiger charge is -2.38. The van der Waals surface area contributed by atoms with Gasteiger partial charge in [-0.25, -0.2) is 0 Å². The van der Waals surface area contributed by atoms with Crippen molar-refractivity contribution in [2.24, 2.45) is 23.7 Å². The van der Waals surface area contributed by atoms with Crippen molar-refractivity contribution in [3.8, 4) is 0 Å². The molecule has 3 fully saturated rings. The predicted molar refractivity (Wildman–Crippen MR) is 93.0 cm³/mol. The van der Waals surface area contributed by atoms with Crippen molar-refractivity contribution < 1.29 is 35.1 Å². The minimum absolute atomic E-state index is 0.0127. The Kier molecular flexibility index (Phi) is 7.54. The van der Waals surface area contributed by atoms with Crippen LogP contribution in [0.1, 0.15) is 33.1 Å². The van der Waals surface area contributed by atoms with E-state index < -0.39 is 36.7 Å². The number of ether oxygens (including phenoxy) is 1. The number of thioether (sulfide) groups is 1. The first-order chi connectivity index (χ1) is 11.7. The predicted octanol–water partition coefficient (Wildman–Crippen LogP) is 0.293. The molecule has 25 heavy (non-hydrogen) atoms. The molecule has 0 amide bonds. The van der Waals surface area contributed by atoms with E-state index in [2.05, 4.69) is 13.8 Å². The van der Waals surface area contributed by atoms with Crippen molar-refractivity contribution in [2.45, 2.75) is 63.8 Å². The summed E-state index contributed by atoms with van der Waals surface area (Å²) in [6.45, 7) is 4.77. The molecule has 1 heterocycles. The second-order valence-electron chi connectivity index (χ2n) is 7.51. The molecular weight excluding hydrogens is 348 g/mol. The van der Waals surface area contributed by atoms with Gasteiger partial charge in [0.05, 0.1) is 12.5 Å². The van der Waals surface area contributed by atoms with Crippen LogP contribution < -0.4 is 0 Å². The van der Waals surface area contributed by atoms with Crippen LogP contribution in [-0.4, -0.2) is 73.7 Å². The average molecular weight is 378 g/mol. The topological polar surface area (TPSA) is 127 Å². The van der Waals surface area contributed by atoms with Crippen LogP contribution in [0.15, 0.2) is 0 Å². The van der Waals surface area contributed by atoms with Crippen LogP contribution in [0.5, 0.6) is 0 Å². The Morgan fingerprint density at radius 1 is 1.00 bits per heavy atom. The first-order valence-corrected chi connectivity index (χ1v) is 10.0. The lowest BCUT2D eigenvalue weighted by molar-refractivity contribution is -0.276. The van der Waals surface area contributed by atoms with Gasteiger partial charge in [-0.1, -0.05) is 13.8 Å². The number of carbonyl (C=O) groups is 1. The summed E-state index contributed by atoms with van der Waals surface area (Å²) in [6.07, 6.45) is -3.62. The molecule has 1 saturated heterocycles. The third kappa shape index (κ3) is 6.08. The Balaban J connectivity index is 0.000000230. The maximum Gasteiger partial charge on any atom is 0.304 e. The van der Waals surface area contributed by atoms with E-state index in [1.807, 2.05) is 0 Å². The molecule has 0 radical (unpaired) electrons. The van der Waals surface area contributed by atoms with E-state index >= 15 is 0 Å². The van der Waals surface area contributed by atoms with Gasteiger partial charge in [0.2, 0.25) is 0 Å². The molecule has 2 aliphatic carbocycles. The van der Waals surface area contributed by atoms with Crippen molar-refractivity contribution in [1.29, 1.82) is 0 Å². The maximum absolute atomic E-state index is 10.3. The third-order valence-corrected chi connectivity index (χ3v) is 6.38. The zero-order valence-electron chi connectivity index (χ0n) is 14.7. The molecule has 2 saturated carbocycles. The van der Waals surface area contributed by atoms with Crippen LogP contribution in [0.2, 0.25) is 0 Å². The highest BCUT2D eigenvalue weighted by atomic mass is 32.2. The Bertz CT molecular complexity index is 435. The van der Waals surface area contributed by atoms with Crippen LogP contribution in [0.4, 0.5) is 0 Å². The molecular formula is C17H30O7S. The minimum Gasteiger partial charge on any atom is -0.481 e. The van der Waals surface area contributed by atoms with Crippen LogP contribution in [-0.2, 0) is 9.53 Å². The van der Waals surface area contributed by atoms with Crippen LogP contribution in [0.25, 0.3) is 0 Å². The van der Waals surface area contributed by atoms with Crippen molar-refractivity contribution in [1.82, 2.24) is 0 Å². The Hall–Kier alpha value is -0.380. The smallest absolute Gasteiger partial charge is 0.304 e. The van der Waals surface area contributed by atoms with Gasteiger partial charge in [-0.05, 0) is 36.5 Å². The van der Waals surface area contributed by atoms with Crippen LogP contribution in [0.3, 0.4) is 0 Å². The van der Waals surface area contributed by atoms with E-state index in [1.54, 1.807) is 0 Å². The highest BCUT2D eigenvalue weighted by molar-refractivity contribution is 7.99. The van der Waals surface area contributed by atoms with Gasteiger partial charge in [0, 0.05) is 11.5 Å². The van der Waals surface area contributed by atoms with Crippen molar-refractivity contribution in [2.75, 3.05) is 11.5 Å². The van der Waals surface area contributed by atoms with Crippen molar-refractivity contribution in [3.05, 3.63) is 0 Å². The zero-order valence-corrected chi connectivity index (χ0v) is 15.5.